The maximum atomic E-state index is 13.2. The van der Waals surface area contributed by atoms with Gasteiger partial charge in [0.15, 0.2) is 0 Å². The zero-order valence-electron chi connectivity index (χ0n) is 9.26. The molecule has 0 aliphatic carbocycles. The molecule has 1 heterocycles. The second-order valence-electron chi connectivity index (χ2n) is 3.73. The van der Waals surface area contributed by atoms with Gasteiger partial charge in [0.25, 0.3) is 0 Å². The summed E-state index contributed by atoms with van der Waals surface area (Å²) in [5, 5.41) is 5.22. The van der Waals surface area contributed by atoms with Gasteiger partial charge < -0.3 is 11.1 Å². The third-order valence-electron chi connectivity index (χ3n) is 2.49. The predicted molar refractivity (Wildman–Crippen MR) is 74.9 cm³/mol. The molecule has 0 unspecified atom stereocenters. The largest absolute Gasteiger partial charge is 0.398 e. The van der Waals surface area contributed by atoms with E-state index in [2.05, 4.69) is 21.2 Å². The molecular formula is C12H12BrFN2S. The van der Waals surface area contributed by atoms with Crippen LogP contribution in [0, 0.1) is 12.7 Å². The van der Waals surface area contributed by atoms with Crippen molar-refractivity contribution < 1.29 is 4.39 Å². The molecule has 0 amide bonds. The molecule has 0 aliphatic rings. The number of anilines is 2. The van der Waals surface area contributed by atoms with E-state index in [1.54, 1.807) is 17.4 Å². The Hall–Kier alpha value is -1.07. The van der Waals surface area contributed by atoms with Gasteiger partial charge in [0.05, 0.1) is 11.0 Å². The fourth-order valence-electron chi connectivity index (χ4n) is 1.51. The van der Waals surface area contributed by atoms with E-state index < -0.39 is 0 Å². The Bertz CT molecular complexity index is 539. The summed E-state index contributed by atoms with van der Waals surface area (Å²) in [4.78, 5) is 1.09. The minimum Gasteiger partial charge on any atom is -0.398 e. The molecule has 5 heteroatoms. The highest BCUT2D eigenvalue weighted by Gasteiger charge is 2.06. The molecule has 3 N–H and O–H groups in total. The summed E-state index contributed by atoms with van der Waals surface area (Å²) >= 11 is 4.79. The van der Waals surface area contributed by atoms with Crippen molar-refractivity contribution in [2.24, 2.45) is 0 Å². The number of hydrogen-bond acceptors (Lipinski definition) is 3. The quantitative estimate of drug-likeness (QED) is 0.893. The van der Waals surface area contributed by atoms with Crippen molar-refractivity contribution in [1.82, 2.24) is 0 Å². The summed E-state index contributed by atoms with van der Waals surface area (Å²) in [6, 6.07) is 5.13. The van der Waals surface area contributed by atoms with Gasteiger partial charge in [0.2, 0.25) is 0 Å². The molecule has 0 radical (unpaired) electrons. The number of hydrogen-bond donors (Lipinski definition) is 2. The molecule has 2 aromatic rings. The zero-order valence-corrected chi connectivity index (χ0v) is 11.7. The van der Waals surface area contributed by atoms with Crippen LogP contribution in [0.3, 0.4) is 0 Å². The van der Waals surface area contributed by atoms with Crippen molar-refractivity contribution >= 4 is 38.6 Å². The molecule has 0 bridgehead atoms. The Morgan fingerprint density at radius 3 is 2.88 bits per heavy atom. The van der Waals surface area contributed by atoms with Gasteiger partial charge in [0, 0.05) is 16.3 Å². The highest BCUT2D eigenvalue weighted by molar-refractivity contribution is 9.10. The molecule has 0 spiro atoms. The fourth-order valence-corrected chi connectivity index (χ4v) is 2.59. The van der Waals surface area contributed by atoms with Crippen molar-refractivity contribution in [2.45, 2.75) is 13.5 Å². The maximum Gasteiger partial charge on any atom is 0.137 e. The van der Waals surface area contributed by atoms with Crippen molar-refractivity contribution in [3.05, 3.63) is 44.3 Å². The Labute approximate surface area is 112 Å². The SMILES string of the molecule is Cc1cc(F)c(Br)cc1NCc1sccc1N. The van der Waals surface area contributed by atoms with Gasteiger partial charge in [-0.3, -0.25) is 0 Å². The van der Waals surface area contributed by atoms with Crippen LogP contribution in [0.2, 0.25) is 0 Å². The summed E-state index contributed by atoms with van der Waals surface area (Å²) in [7, 11) is 0. The summed E-state index contributed by atoms with van der Waals surface area (Å²) in [5.74, 6) is -0.247. The van der Waals surface area contributed by atoms with Crippen LogP contribution in [0.25, 0.3) is 0 Å². The van der Waals surface area contributed by atoms with E-state index in [1.807, 2.05) is 18.4 Å². The van der Waals surface area contributed by atoms with E-state index >= 15 is 0 Å². The lowest BCUT2D eigenvalue weighted by Gasteiger charge is -2.10. The molecule has 0 saturated heterocycles. The lowest BCUT2D eigenvalue weighted by Crippen LogP contribution is -2.02. The fraction of sp³-hybridized carbons (Fsp3) is 0.167. The molecule has 0 saturated carbocycles. The van der Waals surface area contributed by atoms with Crippen LogP contribution in [-0.2, 0) is 6.54 Å². The zero-order chi connectivity index (χ0) is 12.4. The molecule has 90 valence electrons. The average molecular weight is 315 g/mol. The first-order valence-electron chi connectivity index (χ1n) is 5.09. The molecule has 17 heavy (non-hydrogen) atoms. The van der Waals surface area contributed by atoms with Crippen molar-refractivity contribution in [2.75, 3.05) is 11.1 Å². The Morgan fingerprint density at radius 2 is 2.24 bits per heavy atom. The Morgan fingerprint density at radius 1 is 1.47 bits per heavy atom. The van der Waals surface area contributed by atoms with Gasteiger partial charge in [-0.15, -0.1) is 11.3 Å². The summed E-state index contributed by atoms with van der Waals surface area (Å²) < 4.78 is 13.7. The van der Waals surface area contributed by atoms with Gasteiger partial charge in [-0.1, -0.05) is 0 Å². The normalized spacial score (nSPS) is 10.5. The molecule has 0 aliphatic heterocycles. The van der Waals surface area contributed by atoms with Crippen LogP contribution < -0.4 is 11.1 Å². The molecular weight excluding hydrogens is 303 g/mol. The Balaban J connectivity index is 2.14. The van der Waals surface area contributed by atoms with E-state index in [4.69, 9.17) is 5.73 Å². The lowest BCUT2D eigenvalue weighted by atomic mass is 10.2. The summed E-state index contributed by atoms with van der Waals surface area (Å²) in [5.41, 5.74) is 8.37. The number of benzene rings is 1. The Kier molecular flexibility index (Phi) is 3.69. The van der Waals surface area contributed by atoms with Crippen molar-refractivity contribution in [3.63, 3.8) is 0 Å². The van der Waals surface area contributed by atoms with Crippen molar-refractivity contribution in [3.8, 4) is 0 Å². The number of thiophene rings is 1. The third kappa shape index (κ3) is 2.79. The molecule has 2 nitrogen and oxygen atoms in total. The number of rotatable bonds is 3. The molecule has 0 fully saturated rings. The third-order valence-corrected chi connectivity index (χ3v) is 4.03. The first-order chi connectivity index (χ1) is 8.08. The van der Waals surface area contributed by atoms with E-state index in [0.717, 1.165) is 21.8 Å². The second-order valence-corrected chi connectivity index (χ2v) is 5.59. The van der Waals surface area contributed by atoms with Crippen LogP contribution in [0.4, 0.5) is 15.8 Å². The number of aryl methyl sites for hydroxylation is 1. The van der Waals surface area contributed by atoms with Crippen molar-refractivity contribution in [1.29, 1.82) is 0 Å². The highest BCUT2D eigenvalue weighted by Crippen LogP contribution is 2.26. The molecule has 1 aromatic carbocycles. The van der Waals surface area contributed by atoms with Gasteiger partial charge in [-0.2, -0.15) is 0 Å². The molecule has 1 aromatic heterocycles. The topological polar surface area (TPSA) is 38.0 Å². The highest BCUT2D eigenvalue weighted by atomic mass is 79.9. The van der Waals surface area contributed by atoms with E-state index in [0.29, 0.717) is 11.0 Å². The van der Waals surface area contributed by atoms with Crippen LogP contribution in [0.1, 0.15) is 10.4 Å². The number of nitrogens with two attached hydrogens (primary N) is 1. The van der Waals surface area contributed by atoms with Crippen LogP contribution >= 0.6 is 27.3 Å². The van der Waals surface area contributed by atoms with E-state index in [9.17, 15) is 4.39 Å². The summed E-state index contributed by atoms with van der Waals surface area (Å²) in [6.07, 6.45) is 0. The van der Waals surface area contributed by atoms with Gasteiger partial charge in [0.1, 0.15) is 5.82 Å². The average Bonchev–Trinajstić information content (AvgIpc) is 2.68. The smallest absolute Gasteiger partial charge is 0.137 e. The van der Waals surface area contributed by atoms with E-state index in [1.165, 1.54) is 6.07 Å². The van der Waals surface area contributed by atoms with Gasteiger partial charge in [-0.25, -0.2) is 4.39 Å². The maximum absolute atomic E-state index is 13.2. The van der Waals surface area contributed by atoms with Gasteiger partial charge in [-0.05, 0) is 52.0 Å². The van der Waals surface area contributed by atoms with Gasteiger partial charge >= 0.3 is 0 Å². The number of halogens is 2. The number of nitrogen functional groups attached to an aromatic ring is 1. The lowest BCUT2D eigenvalue weighted by molar-refractivity contribution is 0.620. The van der Waals surface area contributed by atoms with Crippen LogP contribution in [0.5, 0.6) is 0 Å². The van der Waals surface area contributed by atoms with Crippen LogP contribution in [-0.4, -0.2) is 0 Å². The standard InChI is InChI=1S/C12H12BrFN2S/c1-7-4-9(14)8(13)5-11(7)16-6-12-10(15)2-3-17-12/h2-5,16H,6,15H2,1H3. The monoisotopic (exact) mass is 314 g/mol. The molecule has 2 rings (SSSR count). The van der Waals surface area contributed by atoms with Crippen LogP contribution in [0.15, 0.2) is 28.1 Å². The first-order valence-corrected chi connectivity index (χ1v) is 6.76. The molecule has 0 atom stereocenters. The summed E-state index contributed by atoms with van der Waals surface area (Å²) in [6.45, 7) is 2.53. The first kappa shape index (κ1) is 12.4. The number of nitrogens with one attached hydrogen (secondary N) is 1. The predicted octanol–water partition coefficient (Wildman–Crippen LogP) is 4.15. The minimum absolute atomic E-state index is 0.247. The minimum atomic E-state index is -0.247. The second kappa shape index (κ2) is 5.06. The van der Waals surface area contributed by atoms with E-state index in [-0.39, 0.29) is 5.82 Å².